The summed E-state index contributed by atoms with van der Waals surface area (Å²) in [5, 5.41) is 0.140. The van der Waals surface area contributed by atoms with Gasteiger partial charge in [0.2, 0.25) is 0 Å². The van der Waals surface area contributed by atoms with E-state index >= 15 is 0 Å². The quantitative estimate of drug-likeness (QED) is 0.900. The fourth-order valence-corrected chi connectivity index (χ4v) is 4.11. The molecule has 106 valence electrons. The largest absolute Gasteiger partial charge is 0.377 e. The van der Waals surface area contributed by atoms with E-state index in [9.17, 15) is 4.21 Å². The molecule has 1 aliphatic heterocycles. The van der Waals surface area contributed by atoms with Gasteiger partial charge in [-0.15, -0.1) is 0 Å². The van der Waals surface area contributed by atoms with Crippen LogP contribution in [0.2, 0.25) is 0 Å². The molecule has 4 atom stereocenters. The van der Waals surface area contributed by atoms with Crippen molar-refractivity contribution in [2.75, 3.05) is 12.4 Å². The van der Waals surface area contributed by atoms with E-state index in [2.05, 4.69) is 31.2 Å². The van der Waals surface area contributed by atoms with Crippen LogP contribution in [0.4, 0.5) is 0 Å². The van der Waals surface area contributed by atoms with E-state index in [-0.39, 0.29) is 17.4 Å². The molecule has 2 rings (SSSR count). The minimum absolute atomic E-state index is 0.0931. The molecule has 0 saturated carbocycles. The Hall–Kier alpha value is -0.710. The predicted molar refractivity (Wildman–Crippen MR) is 79.6 cm³/mol. The zero-order valence-corrected chi connectivity index (χ0v) is 12.5. The molecule has 0 radical (unpaired) electrons. The topological polar surface area (TPSA) is 52.3 Å². The van der Waals surface area contributed by atoms with Gasteiger partial charge < -0.3 is 10.5 Å². The van der Waals surface area contributed by atoms with E-state index < -0.39 is 10.8 Å². The van der Waals surface area contributed by atoms with E-state index in [0.717, 1.165) is 25.0 Å². The third-order valence-electron chi connectivity index (χ3n) is 3.80. The first kappa shape index (κ1) is 14.7. The van der Waals surface area contributed by atoms with Gasteiger partial charge in [0.1, 0.15) is 0 Å². The van der Waals surface area contributed by atoms with Crippen LogP contribution in [0.15, 0.2) is 24.3 Å². The number of hydrogen-bond donors (Lipinski definition) is 1. The molecule has 3 nitrogen and oxygen atoms in total. The van der Waals surface area contributed by atoms with E-state index in [1.807, 2.05) is 6.92 Å². The van der Waals surface area contributed by atoms with Crippen LogP contribution in [0, 0.1) is 0 Å². The van der Waals surface area contributed by atoms with Crippen LogP contribution in [-0.4, -0.2) is 27.9 Å². The maximum Gasteiger partial charge on any atom is 0.0691 e. The molecular formula is C15H23NO2S. The average molecular weight is 281 g/mol. The Morgan fingerprint density at radius 2 is 2.11 bits per heavy atom. The molecule has 1 aromatic rings. The van der Waals surface area contributed by atoms with Crippen molar-refractivity contribution in [1.82, 2.24) is 0 Å². The van der Waals surface area contributed by atoms with Crippen molar-refractivity contribution in [3.63, 3.8) is 0 Å². The molecule has 0 spiro atoms. The van der Waals surface area contributed by atoms with E-state index in [4.69, 9.17) is 10.5 Å². The van der Waals surface area contributed by atoms with Crippen molar-refractivity contribution in [2.45, 2.75) is 44.1 Å². The lowest BCUT2D eigenvalue weighted by Gasteiger charge is -2.17. The Labute approximate surface area is 118 Å². The summed E-state index contributed by atoms with van der Waals surface area (Å²) in [7, 11) is -0.913. The van der Waals surface area contributed by atoms with Gasteiger partial charge in [-0.1, -0.05) is 31.2 Å². The van der Waals surface area contributed by atoms with E-state index in [1.54, 1.807) is 0 Å². The Balaban J connectivity index is 1.95. The number of rotatable bonds is 5. The predicted octanol–water partition coefficient (Wildman–Crippen LogP) is 2.17. The summed E-state index contributed by atoms with van der Waals surface area (Å²) in [6.45, 7) is 4.85. The summed E-state index contributed by atoms with van der Waals surface area (Å²) < 4.78 is 17.8. The Kier molecular flexibility index (Phi) is 5.13. The summed E-state index contributed by atoms with van der Waals surface area (Å²) in [6.07, 6.45) is 2.00. The summed E-state index contributed by atoms with van der Waals surface area (Å²) >= 11 is 0. The maximum absolute atomic E-state index is 12.3. The van der Waals surface area contributed by atoms with Gasteiger partial charge in [0, 0.05) is 29.2 Å². The van der Waals surface area contributed by atoms with Gasteiger partial charge in [-0.05, 0) is 30.9 Å². The first-order valence-corrected chi connectivity index (χ1v) is 8.33. The second-order valence-electron chi connectivity index (χ2n) is 5.15. The fraction of sp³-hybridized carbons (Fsp3) is 0.600. The molecule has 1 aliphatic rings. The molecule has 19 heavy (non-hydrogen) atoms. The minimum atomic E-state index is -0.913. The molecule has 4 unspecified atom stereocenters. The highest BCUT2D eigenvalue weighted by atomic mass is 32.2. The van der Waals surface area contributed by atoms with Gasteiger partial charge in [-0.2, -0.15) is 0 Å². The highest BCUT2D eigenvalue weighted by Gasteiger charge is 2.30. The van der Waals surface area contributed by atoms with Crippen molar-refractivity contribution >= 4 is 10.8 Å². The van der Waals surface area contributed by atoms with Gasteiger partial charge in [-0.25, -0.2) is 0 Å². The average Bonchev–Trinajstić information content (AvgIpc) is 2.85. The SMILES string of the molecule is CCc1ccc(C(N)CS(=O)C2CCOC2C)cc1. The van der Waals surface area contributed by atoms with Crippen molar-refractivity contribution in [1.29, 1.82) is 0 Å². The van der Waals surface area contributed by atoms with Crippen molar-refractivity contribution in [2.24, 2.45) is 5.73 Å². The first-order chi connectivity index (χ1) is 9.11. The Bertz CT molecular complexity index is 432. The number of aryl methyl sites for hydroxylation is 1. The van der Waals surface area contributed by atoms with Crippen LogP contribution in [0.25, 0.3) is 0 Å². The third kappa shape index (κ3) is 3.65. The zero-order chi connectivity index (χ0) is 13.8. The van der Waals surface area contributed by atoms with Gasteiger partial charge in [0.15, 0.2) is 0 Å². The van der Waals surface area contributed by atoms with Crippen molar-refractivity contribution in [3.8, 4) is 0 Å². The highest BCUT2D eigenvalue weighted by Crippen LogP contribution is 2.22. The molecule has 1 heterocycles. The molecule has 1 saturated heterocycles. The molecule has 0 aromatic heterocycles. The fourth-order valence-electron chi connectivity index (χ4n) is 2.45. The lowest BCUT2D eigenvalue weighted by molar-refractivity contribution is 0.127. The van der Waals surface area contributed by atoms with Crippen LogP contribution in [0.5, 0.6) is 0 Å². The molecule has 4 heteroatoms. The standard InChI is InChI=1S/C15H23NO2S/c1-3-12-4-6-13(7-5-12)14(16)10-19(17)15-8-9-18-11(15)2/h4-7,11,14-15H,3,8-10,16H2,1-2H3. The van der Waals surface area contributed by atoms with Crippen LogP contribution in [0.1, 0.15) is 37.4 Å². The molecule has 0 amide bonds. The van der Waals surface area contributed by atoms with Crippen LogP contribution < -0.4 is 5.73 Å². The molecular weight excluding hydrogens is 258 g/mol. The second-order valence-corrected chi connectivity index (χ2v) is 6.85. The van der Waals surface area contributed by atoms with Crippen LogP contribution in [-0.2, 0) is 22.0 Å². The Morgan fingerprint density at radius 3 is 2.63 bits per heavy atom. The van der Waals surface area contributed by atoms with Crippen molar-refractivity contribution in [3.05, 3.63) is 35.4 Å². The monoisotopic (exact) mass is 281 g/mol. The third-order valence-corrected chi connectivity index (χ3v) is 5.79. The summed E-state index contributed by atoms with van der Waals surface area (Å²) in [6, 6.07) is 8.14. The molecule has 1 aromatic carbocycles. The summed E-state index contributed by atoms with van der Waals surface area (Å²) in [5.41, 5.74) is 8.53. The lowest BCUT2D eigenvalue weighted by Crippen LogP contribution is -2.29. The van der Waals surface area contributed by atoms with Gasteiger partial charge in [-0.3, -0.25) is 4.21 Å². The van der Waals surface area contributed by atoms with Gasteiger partial charge in [0.05, 0.1) is 11.4 Å². The first-order valence-electron chi connectivity index (χ1n) is 6.95. The van der Waals surface area contributed by atoms with E-state index in [0.29, 0.717) is 5.75 Å². The molecule has 0 bridgehead atoms. The van der Waals surface area contributed by atoms with Crippen LogP contribution >= 0.6 is 0 Å². The second kappa shape index (κ2) is 6.64. The van der Waals surface area contributed by atoms with Gasteiger partial charge in [0.25, 0.3) is 0 Å². The molecule has 1 fully saturated rings. The molecule has 2 N–H and O–H groups in total. The lowest BCUT2D eigenvalue weighted by atomic mass is 10.1. The minimum Gasteiger partial charge on any atom is -0.377 e. The molecule has 0 aliphatic carbocycles. The van der Waals surface area contributed by atoms with Gasteiger partial charge >= 0.3 is 0 Å². The number of hydrogen-bond acceptors (Lipinski definition) is 3. The number of benzene rings is 1. The zero-order valence-electron chi connectivity index (χ0n) is 11.7. The number of nitrogens with two attached hydrogens (primary N) is 1. The van der Waals surface area contributed by atoms with Crippen molar-refractivity contribution < 1.29 is 8.95 Å². The summed E-state index contributed by atoms with van der Waals surface area (Å²) in [4.78, 5) is 0. The smallest absolute Gasteiger partial charge is 0.0691 e. The van der Waals surface area contributed by atoms with E-state index in [1.165, 1.54) is 5.56 Å². The Morgan fingerprint density at radius 1 is 1.42 bits per heavy atom. The van der Waals surface area contributed by atoms with Crippen LogP contribution in [0.3, 0.4) is 0 Å². The maximum atomic E-state index is 12.3. The normalized spacial score (nSPS) is 26.3. The summed E-state index contributed by atoms with van der Waals surface area (Å²) in [5.74, 6) is 0.518. The highest BCUT2D eigenvalue weighted by molar-refractivity contribution is 7.85. The number of ether oxygens (including phenoxy) is 1.